The van der Waals surface area contributed by atoms with E-state index in [1.54, 1.807) is 6.08 Å². The lowest BCUT2D eigenvalue weighted by molar-refractivity contribution is -0.117. The summed E-state index contributed by atoms with van der Waals surface area (Å²) in [5, 5.41) is 14.3. The minimum atomic E-state index is -1.17. The Morgan fingerprint density at radius 3 is 2.65 bits per heavy atom. The number of aliphatic hydroxyl groups excluding tert-OH is 1. The maximum Gasteiger partial charge on any atom is 0.252 e. The lowest BCUT2D eigenvalue weighted by Gasteiger charge is -2.19. The second kappa shape index (κ2) is 7.36. The van der Waals surface area contributed by atoms with E-state index in [4.69, 9.17) is 28.8 Å². The lowest BCUT2D eigenvalue weighted by atomic mass is 9.97. The second-order valence-corrected chi connectivity index (χ2v) is 5.71. The number of amides is 2. The molecule has 0 bridgehead atoms. The van der Waals surface area contributed by atoms with Gasteiger partial charge in [0.15, 0.2) is 0 Å². The third kappa shape index (κ3) is 4.38. The van der Waals surface area contributed by atoms with Crippen LogP contribution in [-0.2, 0) is 22.7 Å². The van der Waals surface area contributed by atoms with Crippen molar-refractivity contribution in [3.05, 3.63) is 35.2 Å². The van der Waals surface area contributed by atoms with E-state index in [1.807, 2.05) is 17.0 Å². The summed E-state index contributed by atoms with van der Waals surface area (Å²) in [7, 11) is 0. The third-order valence-electron chi connectivity index (χ3n) is 3.50. The number of aromatic amines is 1. The van der Waals surface area contributed by atoms with Gasteiger partial charge in [-0.15, -0.1) is 0 Å². The number of rotatable bonds is 6. The largest absolute Gasteiger partial charge is 0.390 e. The first-order valence-corrected chi connectivity index (χ1v) is 7.45. The fourth-order valence-corrected chi connectivity index (χ4v) is 2.36. The minimum absolute atomic E-state index is 0.00683. The number of carbonyl (C=O) groups is 2. The molecule has 0 radical (unpaired) electrons. The predicted molar refractivity (Wildman–Crippen MR) is 88.0 cm³/mol. The Balaban J connectivity index is 1.91. The Labute approximate surface area is 138 Å². The van der Waals surface area contributed by atoms with Crippen molar-refractivity contribution in [2.75, 3.05) is 0 Å². The standard InChI is InChI=1S/C14H19N5O3S/c15-11(12(16)21)14(23)17-13(22)9-3-1-8(2-4-9)5-19-6-10(7-20)18-19/h1,3,6,11,18,20H,2,4-5,7,15H2,(H2,16,21)(H,17,22,23). The van der Waals surface area contributed by atoms with Crippen molar-refractivity contribution < 1.29 is 14.7 Å². The van der Waals surface area contributed by atoms with Gasteiger partial charge in [-0.3, -0.25) is 19.4 Å². The van der Waals surface area contributed by atoms with Crippen LogP contribution in [0.25, 0.3) is 0 Å². The van der Waals surface area contributed by atoms with E-state index in [1.165, 1.54) is 0 Å². The SMILES string of the molecule is NC(=O)C(N)C(=S)NC(=O)C1=CC=C(Cn2cc(CO)[nH]2)CC1. The molecule has 0 fully saturated rings. The number of hydrogen-bond acceptors (Lipinski definition) is 5. The molecule has 1 heterocycles. The van der Waals surface area contributed by atoms with Crippen molar-refractivity contribution in [3.8, 4) is 0 Å². The van der Waals surface area contributed by atoms with E-state index in [-0.39, 0.29) is 17.5 Å². The van der Waals surface area contributed by atoms with E-state index in [0.717, 1.165) is 17.7 Å². The summed E-state index contributed by atoms with van der Waals surface area (Å²) in [5.41, 5.74) is 13.0. The van der Waals surface area contributed by atoms with E-state index < -0.39 is 11.9 Å². The molecule has 2 rings (SSSR count). The first-order chi connectivity index (χ1) is 10.9. The summed E-state index contributed by atoms with van der Waals surface area (Å²) in [5.74, 6) is -1.15. The average molecular weight is 337 g/mol. The van der Waals surface area contributed by atoms with Crippen LogP contribution in [0.5, 0.6) is 0 Å². The quantitative estimate of drug-likeness (QED) is 0.433. The van der Waals surface area contributed by atoms with Crippen LogP contribution in [0.1, 0.15) is 18.5 Å². The highest BCUT2D eigenvalue weighted by Gasteiger charge is 2.20. The molecule has 9 heteroatoms. The Morgan fingerprint density at radius 2 is 2.13 bits per heavy atom. The van der Waals surface area contributed by atoms with Crippen LogP contribution in [-0.4, -0.2) is 37.7 Å². The zero-order valence-electron chi connectivity index (χ0n) is 12.4. The van der Waals surface area contributed by atoms with E-state index in [2.05, 4.69) is 10.4 Å². The first kappa shape index (κ1) is 17.1. The fourth-order valence-electron chi connectivity index (χ4n) is 2.15. The smallest absolute Gasteiger partial charge is 0.252 e. The lowest BCUT2D eigenvalue weighted by Crippen LogP contribution is -2.49. The molecule has 23 heavy (non-hydrogen) atoms. The molecule has 1 aromatic rings. The van der Waals surface area contributed by atoms with Gasteiger partial charge in [-0.2, -0.15) is 0 Å². The van der Waals surface area contributed by atoms with E-state index in [0.29, 0.717) is 18.5 Å². The summed E-state index contributed by atoms with van der Waals surface area (Å²) in [4.78, 5) is 22.9. The van der Waals surface area contributed by atoms with Gasteiger partial charge in [-0.1, -0.05) is 24.4 Å². The molecule has 1 aliphatic rings. The summed E-state index contributed by atoms with van der Waals surface area (Å²) in [6.07, 6.45) is 6.73. The molecule has 0 saturated carbocycles. The number of primary amides is 1. The van der Waals surface area contributed by atoms with Gasteiger partial charge >= 0.3 is 0 Å². The molecule has 0 spiro atoms. The molecule has 2 amide bonds. The number of allylic oxidation sites excluding steroid dienone is 3. The van der Waals surface area contributed by atoms with Crippen LogP contribution in [0.15, 0.2) is 29.5 Å². The number of hydrogen-bond donors (Lipinski definition) is 5. The van der Waals surface area contributed by atoms with Crippen molar-refractivity contribution in [2.45, 2.75) is 32.0 Å². The molecule has 1 unspecified atom stereocenters. The van der Waals surface area contributed by atoms with Crippen LogP contribution in [0.3, 0.4) is 0 Å². The van der Waals surface area contributed by atoms with Gasteiger partial charge in [0.1, 0.15) is 11.0 Å². The number of aliphatic hydroxyl groups is 1. The number of carbonyl (C=O) groups excluding carboxylic acids is 2. The van der Waals surface area contributed by atoms with Crippen LogP contribution in [0.4, 0.5) is 0 Å². The number of nitrogens with zero attached hydrogens (tertiary/aromatic N) is 1. The predicted octanol–water partition coefficient (Wildman–Crippen LogP) is -0.789. The Hall–Kier alpha value is -2.23. The van der Waals surface area contributed by atoms with Crippen molar-refractivity contribution in [1.29, 1.82) is 0 Å². The van der Waals surface area contributed by atoms with Crippen molar-refractivity contribution in [1.82, 2.24) is 15.1 Å². The highest BCUT2D eigenvalue weighted by atomic mass is 32.1. The number of thiocarbonyl (C=S) groups is 1. The molecular formula is C14H19N5O3S. The topological polar surface area (TPSA) is 139 Å². The van der Waals surface area contributed by atoms with E-state index in [9.17, 15) is 9.59 Å². The van der Waals surface area contributed by atoms with Crippen LogP contribution < -0.4 is 16.8 Å². The third-order valence-corrected chi connectivity index (χ3v) is 3.85. The number of nitrogens with one attached hydrogen (secondary N) is 2. The fraction of sp³-hybridized carbons (Fsp3) is 0.357. The number of H-pyrrole nitrogens is 1. The van der Waals surface area contributed by atoms with Crippen molar-refractivity contribution in [2.24, 2.45) is 11.5 Å². The molecule has 124 valence electrons. The van der Waals surface area contributed by atoms with Crippen molar-refractivity contribution >= 4 is 29.0 Å². The Morgan fingerprint density at radius 1 is 1.43 bits per heavy atom. The van der Waals surface area contributed by atoms with Gasteiger partial charge in [-0.05, 0) is 18.4 Å². The van der Waals surface area contributed by atoms with Gasteiger partial charge in [0.2, 0.25) is 5.91 Å². The second-order valence-electron chi connectivity index (χ2n) is 5.27. The molecule has 0 saturated heterocycles. The number of nitrogens with two attached hydrogens (primary N) is 2. The van der Waals surface area contributed by atoms with Gasteiger partial charge < -0.3 is 21.9 Å². The van der Waals surface area contributed by atoms with Crippen LogP contribution in [0.2, 0.25) is 0 Å². The van der Waals surface area contributed by atoms with Crippen molar-refractivity contribution in [3.63, 3.8) is 0 Å². The average Bonchev–Trinajstić information content (AvgIpc) is 2.49. The van der Waals surface area contributed by atoms with Crippen LogP contribution >= 0.6 is 12.2 Å². The Kier molecular flexibility index (Phi) is 5.48. The maximum absolute atomic E-state index is 12.0. The molecule has 8 nitrogen and oxygen atoms in total. The number of aromatic nitrogens is 2. The summed E-state index contributed by atoms with van der Waals surface area (Å²) < 4.78 is 1.86. The van der Waals surface area contributed by atoms with Gasteiger partial charge in [-0.25, -0.2) is 0 Å². The minimum Gasteiger partial charge on any atom is -0.390 e. The molecule has 7 N–H and O–H groups in total. The highest BCUT2D eigenvalue weighted by Crippen LogP contribution is 2.20. The first-order valence-electron chi connectivity index (χ1n) is 7.04. The Bertz CT molecular complexity index is 673. The molecule has 1 atom stereocenters. The zero-order valence-corrected chi connectivity index (χ0v) is 13.2. The van der Waals surface area contributed by atoms with Crippen LogP contribution in [0, 0.1) is 0 Å². The molecule has 0 aliphatic heterocycles. The molecular weight excluding hydrogens is 318 g/mol. The van der Waals surface area contributed by atoms with E-state index >= 15 is 0 Å². The zero-order chi connectivity index (χ0) is 17.0. The highest BCUT2D eigenvalue weighted by molar-refractivity contribution is 7.80. The molecule has 1 aromatic heterocycles. The summed E-state index contributed by atoms with van der Waals surface area (Å²) >= 11 is 4.88. The molecule has 1 aliphatic carbocycles. The summed E-state index contributed by atoms with van der Waals surface area (Å²) in [6, 6.07) is -1.17. The normalized spacial score (nSPS) is 15.6. The van der Waals surface area contributed by atoms with Gasteiger partial charge in [0.05, 0.1) is 18.8 Å². The van der Waals surface area contributed by atoms with Gasteiger partial charge in [0, 0.05) is 11.8 Å². The monoisotopic (exact) mass is 337 g/mol. The van der Waals surface area contributed by atoms with Gasteiger partial charge in [0.25, 0.3) is 5.91 Å². The summed E-state index contributed by atoms with van der Waals surface area (Å²) in [6.45, 7) is 0.674. The maximum atomic E-state index is 12.0. The molecule has 0 aromatic carbocycles.